The van der Waals surface area contributed by atoms with Crippen LogP contribution in [0.5, 0.6) is 0 Å². The second-order valence-electron chi connectivity index (χ2n) is 5.95. The summed E-state index contributed by atoms with van der Waals surface area (Å²) >= 11 is 0. The highest BCUT2D eigenvalue weighted by atomic mass is 16.2. The Balaban J connectivity index is 1.67. The molecule has 1 aliphatic rings. The third kappa shape index (κ3) is 4.53. The maximum atomic E-state index is 11.9. The number of amides is 2. The first-order valence-corrected chi connectivity index (χ1v) is 7.89. The lowest BCUT2D eigenvalue weighted by Gasteiger charge is -2.33. The largest absolute Gasteiger partial charge is 0.345 e. The van der Waals surface area contributed by atoms with E-state index in [4.69, 9.17) is 0 Å². The molecule has 1 aliphatic heterocycles. The van der Waals surface area contributed by atoms with Crippen molar-refractivity contribution in [3.05, 3.63) is 30.1 Å². The predicted molar refractivity (Wildman–Crippen MR) is 83.6 cm³/mol. The van der Waals surface area contributed by atoms with Crippen LogP contribution in [0.3, 0.4) is 0 Å². The molecule has 0 spiro atoms. The van der Waals surface area contributed by atoms with Gasteiger partial charge in [0.05, 0.1) is 39.3 Å². The molecule has 2 amide bonds. The van der Waals surface area contributed by atoms with Crippen molar-refractivity contribution in [1.29, 1.82) is 0 Å². The molecule has 22 heavy (non-hydrogen) atoms. The van der Waals surface area contributed by atoms with Gasteiger partial charge in [-0.25, -0.2) is 0 Å². The zero-order valence-electron chi connectivity index (χ0n) is 13.3. The number of piperazine rings is 1. The molecule has 0 bridgehead atoms. The van der Waals surface area contributed by atoms with Gasteiger partial charge in [-0.2, -0.15) is 0 Å². The Morgan fingerprint density at radius 3 is 2.64 bits per heavy atom. The van der Waals surface area contributed by atoms with Gasteiger partial charge in [-0.15, -0.1) is 0 Å². The van der Waals surface area contributed by atoms with Crippen LogP contribution in [0.15, 0.2) is 24.4 Å². The van der Waals surface area contributed by atoms with Crippen molar-refractivity contribution in [2.24, 2.45) is 5.92 Å². The third-order valence-electron chi connectivity index (χ3n) is 3.94. The molecule has 0 atom stereocenters. The molecule has 1 aromatic heterocycles. The molecule has 1 fully saturated rings. The summed E-state index contributed by atoms with van der Waals surface area (Å²) in [4.78, 5) is 31.2. The van der Waals surface area contributed by atoms with E-state index in [1.807, 2.05) is 18.7 Å². The molecule has 120 valence electrons. The van der Waals surface area contributed by atoms with Crippen molar-refractivity contribution in [3.63, 3.8) is 0 Å². The van der Waals surface area contributed by atoms with Crippen molar-refractivity contribution >= 4 is 11.8 Å². The molecule has 0 unspecified atom stereocenters. The van der Waals surface area contributed by atoms with Crippen molar-refractivity contribution in [1.82, 2.24) is 15.2 Å². The van der Waals surface area contributed by atoms with Crippen LogP contribution in [0.4, 0.5) is 0 Å². The predicted octanol–water partition coefficient (Wildman–Crippen LogP) is -0.805. The summed E-state index contributed by atoms with van der Waals surface area (Å²) in [5.41, 5.74) is 0.449. The van der Waals surface area contributed by atoms with Crippen LogP contribution in [0.25, 0.3) is 0 Å². The maximum absolute atomic E-state index is 11.9. The van der Waals surface area contributed by atoms with Crippen LogP contribution >= 0.6 is 0 Å². The highest BCUT2D eigenvalue weighted by molar-refractivity contribution is 5.92. The second-order valence-corrected chi connectivity index (χ2v) is 5.95. The molecule has 0 radical (unpaired) electrons. The Kier molecular flexibility index (Phi) is 5.89. The summed E-state index contributed by atoms with van der Waals surface area (Å²) in [5.74, 6) is 0.176. The molecule has 6 heteroatoms. The van der Waals surface area contributed by atoms with Gasteiger partial charge in [0.15, 0.2) is 0 Å². The van der Waals surface area contributed by atoms with E-state index in [1.54, 1.807) is 24.4 Å². The molecule has 1 saturated heterocycles. The van der Waals surface area contributed by atoms with Crippen LogP contribution in [0, 0.1) is 5.92 Å². The second kappa shape index (κ2) is 7.89. The van der Waals surface area contributed by atoms with E-state index in [9.17, 15) is 9.59 Å². The number of carbonyl (C=O) groups excluding carboxylic acids is 2. The van der Waals surface area contributed by atoms with Gasteiger partial charge in [-0.05, 0) is 12.1 Å². The van der Waals surface area contributed by atoms with E-state index in [0.717, 1.165) is 32.7 Å². The molecule has 2 N–H and O–H groups in total. The third-order valence-corrected chi connectivity index (χ3v) is 3.94. The summed E-state index contributed by atoms with van der Waals surface area (Å²) < 4.78 is 0. The minimum Gasteiger partial charge on any atom is -0.345 e. The zero-order chi connectivity index (χ0) is 15.9. The summed E-state index contributed by atoms with van der Waals surface area (Å²) in [6, 6.07) is 5.30. The van der Waals surface area contributed by atoms with E-state index in [0.29, 0.717) is 12.2 Å². The Hall–Kier alpha value is -1.95. The van der Waals surface area contributed by atoms with Gasteiger partial charge in [-0.1, -0.05) is 19.9 Å². The van der Waals surface area contributed by atoms with E-state index >= 15 is 0 Å². The van der Waals surface area contributed by atoms with Crippen LogP contribution in [-0.2, 0) is 4.79 Å². The minimum atomic E-state index is -0.131. The lowest BCUT2D eigenvalue weighted by atomic mass is 10.1. The number of nitrogens with one attached hydrogen (secondary N) is 2. The van der Waals surface area contributed by atoms with Gasteiger partial charge in [0.1, 0.15) is 5.69 Å². The van der Waals surface area contributed by atoms with Gasteiger partial charge in [0.25, 0.3) is 5.91 Å². The van der Waals surface area contributed by atoms with Crippen molar-refractivity contribution < 1.29 is 14.5 Å². The number of hydrogen-bond acceptors (Lipinski definition) is 3. The lowest BCUT2D eigenvalue weighted by Crippen LogP contribution is -3.15. The smallest absolute Gasteiger partial charge is 0.270 e. The van der Waals surface area contributed by atoms with Crippen molar-refractivity contribution in [2.75, 3.05) is 39.3 Å². The van der Waals surface area contributed by atoms with Gasteiger partial charge < -0.3 is 15.1 Å². The zero-order valence-corrected chi connectivity index (χ0v) is 13.3. The summed E-state index contributed by atoms with van der Waals surface area (Å²) in [7, 11) is 0. The van der Waals surface area contributed by atoms with E-state index in [1.165, 1.54) is 4.90 Å². The molecule has 0 aliphatic carbocycles. The fourth-order valence-electron chi connectivity index (χ4n) is 2.60. The lowest BCUT2D eigenvalue weighted by molar-refractivity contribution is -0.902. The summed E-state index contributed by atoms with van der Waals surface area (Å²) in [6.07, 6.45) is 1.62. The van der Waals surface area contributed by atoms with E-state index in [2.05, 4.69) is 10.3 Å². The molecule has 0 aromatic carbocycles. The fraction of sp³-hybridized carbons (Fsp3) is 0.562. The Bertz CT molecular complexity index is 496. The number of hydrogen-bond donors (Lipinski definition) is 2. The fourth-order valence-corrected chi connectivity index (χ4v) is 2.60. The highest BCUT2D eigenvalue weighted by Gasteiger charge is 2.24. The first-order chi connectivity index (χ1) is 10.6. The Morgan fingerprint density at radius 1 is 1.32 bits per heavy atom. The number of pyridine rings is 1. The van der Waals surface area contributed by atoms with Gasteiger partial charge in [0.2, 0.25) is 5.91 Å². The van der Waals surface area contributed by atoms with Crippen LogP contribution in [0.2, 0.25) is 0 Å². The average Bonchev–Trinajstić information content (AvgIpc) is 2.55. The summed E-state index contributed by atoms with van der Waals surface area (Å²) in [6.45, 7) is 8.88. The van der Waals surface area contributed by atoms with E-state index in [-0.39, 0.29) is 17.7 Å². The number of aromatic nitrogens is 1. The monoisotopic (exact) mass is 305 g/mol. The quantitative estimate of drug-likeness (QED) is 0.748. The molecule has 2 rings (SSSR count). The normalized spacial score (nSPS) is 15.9. The van der Waals surface area contributed by atoms with Gasteiger partial charge in [0, 0.05) is 12.1 Å². The SMILES string of the molecule is CC(C)C(=O)N1CC[NH+](CCNC(=O)c2ccccn2)CC1. The van der Waals surface area contributed by atoms with E-state index < -0.39 is 0 Å². The maximum Gasteiger partial charge on any atom is 0.270 e. The Morgan fingerprint density at radius 2 is 2.05 bits per heavy atom. The number of carbonyl (C=O) groups is 2. The first-order valence-electron chi connectivity index (χ1n) is 7.89. The molecule has 0 saturated carbocycles. The number of quaternary nitrogens is 1. The average molecular weight is 305 g/mol. The summed E-state index contributed by atoms with van der Waals surface area (Å²) in [5, 5.41) is 2.90. The molecule has 1 aromatic rings. The van der Waals surface area contributed by atoms with Crippen molar-refractivity contribution in [2.45, 2.75) is 13.8 Å². The first kappa shape index (κ1) is 16.4. The van der Waals surface area contributed by atoms with Crippen LogP contribution in [-0.4, -0.2) is 61.0 Å². The molecule has 2 heterocycles. The highest BCUT2D eigenvalue weighted by Crippen LogP contribution is 2.01. The van der Waals surface area contributed by atoms with Gasteiger partial charge in [-0.3, -0.25) is 14.6 Å². The molecular weight excluding hydrogens is 280 g/mol. The number of nitrogens with zero attached hydrogens (tertiary/aromatic N) is 2. The molecular formula is C16H25N4O2+. The number of rotatable bonds is 5. The Labute approximate surface area is 131 Å². The topological polar surface area (TPSA) is 66.7 Å². The standard InChI is InChI=1S/C16H24N4O2/c1-13(2)16(22)20-11-9-19(10-12-20)8-7-18-15(21)14-5-3-4-6-17-14/h3-6,13H,7-12H2,1-2H3,(H,18,21)/p+1. The molecule has 6 nitrogen and oxygen atoms in total. The van der Waals surface area contributed by atoms with Crippen molar-refractivity contribution in [3.8, 4) is 0 Å². The van der Waals surface area contributed by atoms with Gasteiger partial charge >= 0.3 is 0 Å². The van der Waals surface area contributed by atoms with Crippen LogP contribution < -0.4 is 10.2 Å². The minimum absolute atomic E-state index is 0.0687. The van der Waals surface area contributed by atoms with Crippen LogP contribution in [0.1, 0.15) is 24.3 Å².